The maximum atomic E-state index is 4.29. The van der Waals surface area contributed by atoms with E-state index in [1.807, 2.05) is 24.3 Å². The van der Waals surface area contributed by atoms with Gasteiger partial charge in [0.05, 0.1) is 12.2 Å². The molecule has 1 heterocycles. The predicted octanol–water partition coefficient (Wildman–Crippen LogP) is 2.50. The van der Waals surface area contributed by atoms with E-state index in [0.717, 1.165) is 31.3 Å². The molecule has 0 spiro atoms. The fraction of sp³-hybridized carbons (Fsp3) is 0.333. The van der Waals surface area contributed by atoms with Gasteiger partial charge >= 0.3 is 0 Å². The molecule has 0 saturated carbocycles. The van der Waals surface area contributed by atoms with Crippen LogP contribution in [0.15, 0.2) is 59.7 Å². The Morgan fingerprint density at radius 1 is 1.08 bits per heavy atom. The van der Waals surface area contributed by atoms with Crippen LogP contribution in [0.5, 0.6) is 0 Å². The van der Waals surface area contributed by atoms with Crippen molar-refractivity contribution in [3.63, 3.8) is 0 Å². The zero-order chi connectivity index (χ0) is 16.3. The van der Waals surface area contributed by atoms with Crippen LogP contribution in [0.2, 0.25) is 0 Å². The number of likely N-dealkylation sites (N-methyl/N-ethyl adjacent to an activating group) is 1. The topological polar surface area (TPSA) is 52.6 Å². The van der Waals surface area contributed by atoms with E-state index in [0.29, 0.717) is 6.54 Å². The first-order chi connectivity index (χ1) is 11.3. The molecule has 0 aliphatic rings. The molecule has 130 valence electrons. The molecule has 0 aliphatic heterocycles. The van der Waals surface area contributed by atoms with Gasteiger partial charge in [0.2, 0.25) is 0 Å². The van der Waals surface area contributed by atoms with Gasteiger partial charge in [0, 0.05) is 32.9 Å². The lowest BCUT2D eigenvalue weighted by atomic mass is 10.2. The first-order valence-corrected chi connectivity index (χ1v) is 7.85. The van der Waals surface area contributed by atoms with Crippen molar-refractivity contribution in [3.05, 3.63) is 66.0 Å². The van der Waals surface area contributed by atoms with Gasteiger partial charge in [-0.15, -0.1) is 24.0 Å². The highest BCUT2D eigenvalue weighted by Gasteiger charge is 2.02. The molecule has 0 amide bonds. The minimum atomic E-state index is 0. The average molecular weight is 439 g/mol. The summed E-state index contributed by atoms with van der Waals surface area (Å²) in [5.41, 5.74) is 2.32. The highest BCUT2D eigenvalue weighted by atomic mass is 127. The monoisotopic (exact) mass is 439 g/mol. The molecule has 1 aromatic heterocycles. The van der Waals surface area contributed by atoms with Crippen molar-refractivity contribution in [1.29, 1.82) is 0 Å². The Labute approximate surface area is 161 Å². The molecule has 2 aromatic rings. The molecule has 24 heavy (non-hydrogen) atoms. The number of guanidine groups is 1. The molecular weight excluding hydrogens is 413 g/mol. The van der Waals surface area contributed by atoms with E-state index in [-0.39, 0.29) is 24.0 Å². The molecule has 0 unspecified atom stereocenters. The van der Waals surface area contributed by atoms with Crippen LogP contribution in [0.3, 0.4) is 0 Å². The summed E-state index contributed by atoms with van der Waals surface area (Å²) < 4.78 is 0. The van der Waals surface area contributed by atoms with Gasteiger partial charge < -0.3 is 15.5 Å². The van der Waals surface area contributed by atoms with Crippen molar-refractivity contribution in [2.24, 2.45) is 4.99 Å². The number of halogens is 1. The van der Waals surface area contributed by atoms with Gasteiger partial charge in [0.25, 0.3) is 0 Å². The van der Waals surface area contributed by atoms with Crippen molar-refractivity contribution >= 4 is 29.9 Å². The number of nitrogens with zero attached hydrogens (tertiary/aromatic N) is 3. The fourth-order valence-electron chi connectivity index (χ4n) is 2.24. The van der Waals surface area contributed by atoms with Crippen LogP contribution in [0.25, 0.3) is 0 Å². The summed E-state index contributed by atoms with van der Waals surface area (Å²) in [5, 5.41) is 6.59. The quantitative estimate of drug-likeness (QED) is 0.396. The van der Waals surface area contributed by atoms with Gasteiger partial charge in [-0.2, -0.15) is 0 Å². The van der Waals surface area contributed by atoms with Crippen LogP contribution >= 0.6 is 24.0 Å². The van der Waals surface area contributed by atoms with E-state index in [9.17, 15) is 0 Å². The van der Waals surface area contributed by atoms with Crippen LogP contribution in [-0.4, -0.2) is 43.0 Å². The lowest BCUT2D eigenvalue weighted by Crippen LogP contribution is -2.40. The van der Waals surface area contributed by atoms with Crippen LogP contribution < -0.4 is 10.6 Å². The normalized spacial score (nSPS) is 11.0. The van der Waals surface area contributed by atoms with E-state index in [1.165, 1.54) is 5.56 Å². The van der Waals surface area contributed by atoms with Crippen molar-refractivity contribution in [2.75, 3.05) is 27.2 Å². The predicted molar refractivity (Wildman–Crippen MR) is 111 cm³/mol. The number of hydrogen-bond donors (Lipinski definition) is 2. The standard InChI is InChI=1S/C18H25N5.HI/c1-19-18(22-14-17-10-6-7-11-20-17)21-12-13-23(2)15-16-8-4-3-5-9-16;/h3-11H,12-15H2,1-2H3,(H2,19,21,22);1H. The van der Waals surface area contributed by atoms with E-state index in [4.69, 9.17) is 0 Å². The second kappa shape index (κ2) is 11.8. The summed E-state index contributed by atoms with van der Waals surface area (Å²) >= 11 is 0. The number of hydrogen-bond acceptors (Lipinski definition) is 3. The Bertz CT molecular complexity index is 589. The summed E-state index contributed by atoms with van der Waals surface area (Å²) in [4.78, 5) is 10.8. The molecule has 5 nitrogen and oxygen atoms in total. The fourth-order valence-corrected chi connectivity index (χ4v) is 2.24. The van der Waals surface area contributed by atoms with E-state index < -0.39 is 0 Å². The number of benzene rings is 1. The zero-order valence-electron chi connectivity index (χ0n) is 14.3. The van der Waals surface area contributed by atoms with Crippen molar-refractivity contribution in [1.82, 2.24) is 20.5 Å². The average Bonchev–Trinajstić information content (AvgIpc) is 2.59. The highest BCUT2D eigenvalue weighted by Crippen LogP contribution is 2.01. The molecule has 0 aliphatic carbocycles. The minimum Gasteiger partial charge on any atom is -0.355 e. The third-order valence-electron chi connectivity index (χ3n) is 3.47. The molecule has 1 aromatic carbocycles. The lowest BCUT2D eigenvalue weighted by Gasteiger charge is -2.18. The lowest BCUT2D eigenvalue weighted by molar-refractivity contribution is 0.331. The second-order valence-electron chi connectivity index (χ2n) is 5.40. The Hall–Kier alpha value is -1.67. The maximum absolute atomic E-state index is 4.29. The SMILES string of the molecule is CN=C(NCCN(C)Cc1ccccc1)NCc1ccccn1.I. The van der Waals surface area contributed by atoms with E-state index >= 15 is 0 Å². The summed E-state index contributed by atoms with van der Waals surface area (Å²) in [6.45, 7) is 3.40. The van der Waals surface area contributed by atoms with Crippen molar-refractivity contribution < 1.29 is 0 Å². The molecule has 0 fully saturated rings. The Morgan fingerprint density at radius 2 is 1.83 bits per heavy atom. The van der Waals surface area contributed by atoms with Crippen LogP contribution in [0.1, 0.15) is 11.3 Å². The summed E-state index contributed by atoms with van der Waals surface area (Å²) in [5.74, 6) is 0.795. The molecule has 6 heteroatoms. The molecule has 0 bridgehead atoms. The zero-order valence-corrected chi connectivity index (χ0v) is 16.6. The number of aromatic nitrogens is 1. The first kappa shape index (κ1) is 20.4. The number of rotatable bonds is 7. The Kier molecular flexibility index (Phi) is 10.0. The van der Waals surface area contributed by atoms with Gasteiger partial charge in [-0.3, -0.25) is 9.98 Å². The summed E-state index contributed by atoms with van der Waals surface area (Å²) in [6, 6.07) is 16.4. The second-order valence-corrected chi connectivity index (χ2v) is 5.40. The van der Waals surface area contributed by atoms with E-state index in [1.54, 1.807) is 13.2 Å². The molecule has 2 rings (SSSR count). The highest BCUT2D eigenvalue weighted by molar-refractivity contribution is 14.0. The van der Waals surface area contributed by atoms with Crippen molar-refractivity contribution in [2.45, 2.75) is 13.1 Å². The minimum absolute atomic E-state index is 0. The summed E-state index contributed by atoms with van der Waals surface area (Å²) in [7, 11) is 3.90. The third-order valence-corrected chi connectivity index (χ3v) is 3.47. The third kappa shape index (κ3) is 7.74. The van der Waals surface area contributed by atoms with Crippen LogP contribution in [0, 0.1) is 0 Å². The molecule has 0 radical (unpaired) electrons. The molecule has 2 N–H and O–H groups in total. The first-order valence-electron chi connectivity index (χ1n) is 7.85. The molecule has 0 saturated heterocycles. The van der Waals surface area contributed by atoms with Crippen LogP contribution in [-0.2, 0) is 13.1 Å². The summed E-state index contributed by atoms with van der Waals surface area (Å²) in [6.07, 6.45) is 1.80. The van der Waals surface area contributed by atoms with E-state index in [2.05, 4.69) is 56.8 Å². The van der Waals surface area contributed by atoms with Gasteiger partial charge in [0.15, 0.2) is 5.96 Å². The number of pyridine rings is 1. The Balaban J connectivity index is 0.00000288. The maximum Gasteiger partial charge on any atom is 0.191 e. The van der Waals surface area contributed by atoms with Gasteiger partial charge in [-0.05, 0) is 24.7 Å². The molecule has 0 atom stereocenters. The molecular formula is C18H26IN5. The van der Waals surface area contributed by atoms with Crippen molar-refractivity contribution in [3.8, 4) is 0 Å². The van der Waals surface area contributed by atoms with Gasteiger partial charge in [-0.25, -0.2) is 0 Å². The van der Waals surface area contributed by atoms with Gasteiger partial charge in [-0.1, -0.05) is 36.4 Å². The van der Waals surface area contributed by atoms with Crippen LogP contribution in [0.4, 0.5) is 0 Å². The number of nitrogens with one attached hydrogen (secondary N) is 2. The largest absolute Gasteiger partial charge is 0.355 e. The smallest absolute Gasteiger partial charge is 0.191 e. The number of aliphatic imine (C=N–C) groups is 1. The Morgan fingerprint density at radius 3 is 2.50 bits per heavy atom. The van der Waals surface area contributed by atoms with Gasteiger partial charge in [0.1, 0.15) is 0 Å².